The molecule has 1 aromatic rings. The molecule has 0 bridgehead atoms. The fourth-order valence-corrected chi connectivity index (χ4v) is 1.21. The average molecular weight is 195 g/mol. The van der Waals surface area contributed by atoms with Gasteiger partial charge in [0.1, 0.15) is 6.10 Å². The summed E-state index contributed by atoms with van der Waals surface area (Å²) in [7, 11) is 1.90. The van der Waals surface area contributed by atoms with E-state index in [1.807, 2.05) is 27.0 Å². The number of hydrogen-bond donors (Lipinski definition) is 1. The second-order valence-corrected chi connectivity index (χ2v) is 3.03. The van der Waals surface area contributed by atoms with E-state index in [9.17, 15) is 0 Å². The highest BCUT2D eigenvalue weighted by Crippen LogP contribution is 2.11. The van der Waals surface area contributed by atoms with E-state index in [1.165, 1.54) is 0 Å². The van der Waals surface area contributed by atoms with Crippen molar-refractivity contribution in [3.63, 3.8) is 0 Å². The summed E-state index contributed by atoms with van der Waals surface area (Å²) in [5, 5.41) is 3.05. The van der Waals surface area contributed by atoms with Gasteiger partial charge in [0.15, 0.2) is 5.82 Å². The Morgan fingerprint density at radius 3 is 3.00 bits per heavy atom. The summed E-state index contributed by atoms with van der Waals surface area (Å²) < 4.78 is 5.42. The molecule has 4 nitrogen and oxygen atoms in total. The van der Waals surface area contributed by atoms with Gasteiger partial charge in [0.2, 0.25) is 0 Å². The number of nitrogens with zero attached hydrogens (tertiary/aromatic N) is 2. The lowest BCUT2D eigenvalue weighted by atomic mass is 10.3. The van der Waals surface area contributed by atoms with Crippen molar-refractivity contribution in [2.24, 2.45) is 0 Å². The molecule has 1 atom stereocenters. The van der Waals surface area contributed by atoms with Gasteiger partial charge in [-0.05, 0) is 27.0 Å². The van der Waals surface area contributed by atoms with Crippen LogP contribution < -0.4 is 5.32 Å². The zero-order valence-corrected chi connectivity index (χ0v) is 8.95. The average Bonchev–Trinajstić information content (AvgIpc) is 2.19. The predicted octanol–water partition coefficient (Wildman–Crippen LogP) is 1.29. The van der Waals surface area contributed by atoms with Gasteiger partial charge in [-0.15, -0.1) is 0 Å². The van der Waals surface area contributed by atoms with E-state index < -0.39 is 0 Å². The summed E-state index contributed by atoms with van der Waals surface area (Å²) in [6.45, 7) is 5.37. The lowest BCUT2D eigenvalue weighted by Crippen LogP contribution is -2.11. The van der Waals surface area contributed by atoms with Crippen molar-refractivity contribution in [1.82, 2.24) is 15.3 Å². The molecule has 1 N–H and O–H groups in total. The molecule has 14 heavy (non-hydrogen) atoms. The van der Waals surface area contributed by atoms with Gasteiger partial charge in [0.05, 0.1) is 5.69 Å². The zero-order chi connectivity index (χ0) is 10.4. The first-order valence-electron chi connectivity index (χ1n) is 4.86. The van der Waals surface area contributed by atoms with Crippen LogP contribution in [0.4, 0.5) is 0 Å². The second-order valence-electron chi connectivity index (χ2n) is 3.03. The standard InChI is InChI=1S/C10H17N3O/c1-4-14-8(2)10-12-6-5-9(13-10)7-11-3/h5-6,8,11H,4,7H2,1-3H3. The molecule has 1 unspecified atom stereocenters. The minimum Gasteiger partial charge on any atom is -0.371 e. The van der Waals surface area contributed by atoms with Crippen LogP contribution in [0.1, 0.15) is 31.5 Å². The Labute approximate surface area is 84.7 Å². The minimum atomic E-state index is -0.0307. The molecule has 4 heteroatoms. The summed E-state index contributed by atoms with van der Waals surface area (Å²) in [6, 6.07) is 1.90. The van der Waals surface area contributed by atoms with E-state index >= 15 is 0 Å². The number of rotatable bonds is 5. The maximum Gasteiger partial charge on any atom is 0.157 e. The lowest BCUT2D eigenvalue weighted by Gasteiger charge is -2.10. The fraction of sp³-hybridized carbons (Fsp3) is 0.600. The Balaban J connectivity index is 2.71. The van der Waals surface area contributed by atoms with Crippen molar-refractivity contribution in [3.8, 4) is 0 Å². The summed E-state index contributed by atoms with van der Waals surface area (Å²) in [5.41, 5.74) is 0.990. The van der Waals surface area contributed by atoms with Crippen LogP contribution in [0.3, 0.4) is 0 Å². The summed E-state index contributed by atoms with van der Waals surface area (Å²) >= 11 is 0. The molecule has 0 aliphatic rings. The molecule has 78 valence electrons. The molecule has 1 aromatic heterocycles. The van der Waals surface area contributed by atoms with Crippen LogP contribution in [0.2, 0.25) is 0 Å². The quantitative estimate of drug-likeness (QED) is 0.769. The molecule has 0 aromatic carbocycles. The first kappa shape index (κ1) is 11.1. The molecule has 0 aliphatic heterocycles. The molecule has 0 fully saturated rings. The highest BCUT2D eigenvalue weighted by molar-refractivity contribution is 5.03. The van der Waals surface area contributed by atoms with E-state index in [-0.39, 0.29) is 6.10 Å². The maximum atomic E-state index is 5.42. The lowest BCUT2D eigenvalue weighted by molar-refractivity contribution is 0.0698. The highest BCUT2D eigenvalue weighted by Gasteiger charge is 2.08. The summed E-state index contributed by atoms with van der Waals surface area (Å²) in [4.78, 5) is 8.56. The van der Waals surface area contributed by atoms with Crippen LogP contribution in [-0.2, 0) is 11.3 Å². The molecule has 0 saturated carbocycles. The SMILES string of the molecule is CCOC(C)c1nccc(CNC)n1. The molecule has 0 saturated heterocycles. The summed E-state index contributed by atoms with van der Waals surface area (Å²) in [6.07, 6.45) is 1.74. The van der Waals surface area contributed by atoms with Gasteiger partial charge >= 0.3 is 0 Å². The molecule has 0 radical (unpaired) electrons. The largest absolute Gasteiger partial charge is 0.371 e. The van der Waals surface area contributed by atoms with Crippen molar-refractivity contribution < 1.29 is 4.74 Å². The molecule has 1 rings (SSSR count). The van der Waals surface area contributed by atoms with Gasteiger partial charge in [0, 0.05) is 19.3 Å². The van der Waals surface area contributed by atoms with E-state index in [1.54, 1.807) is 6.20 Å². The van der Waals surface area contributed by atoms with Crippen LogP contribution in [-0.4, -0.2) is 23.6 Å². The van der Waals surface area contributed by atoms with Crippen LogP contribution in [0.15, 0.2) is 12.3 Å². The minimum absolute atomic E-state index is 0.0307. The topological polar surface area (TPSA) is 47.0 Å². The van der Waals surface area contributed by atoms with Crippen molar-refractivity contribution in [3.05, 3.63) is 23.8 Å². The summed E-state index contributed by atoms with van der Waals surface area (Å²) in [5.74, 6) is 0.750. The van der Waals surface area contributed by atoms with E-state index in [2.05, 4.69) is 15.3 Å². The predicted molar refractivity (Wildman–Crippen MR) is 54.8 cm³/mol. The second kappa shape index (κ2) is 5.67. The molecule has 0 amide bonds. The number of aromatic nitrogens is 2. The Kier molecular flexibility index (Phi) is 4.49. The third kappa shape index (κ3) is 3.05. The van der Waals surface area contributed by atoms with Crippen LogP contribution in [0.25, 0.3) is 0 Å². The zero-order valence-electron chi connectivity index (χ0n) is 8.95. The number of hydrogen-bond acceptors (Lipinski definition) is 4. The maximum absolute atomic E-state index is 5.42. The Bertz CT molecular complexity index is 278. The first-order valence-corrected chi connectivity index (χ1v) is 4.86. The van der Waals surface area contributed by atoms with Gasteiger partial charge in [-0.25, -0.2) is 9.97 Å². The van der Waals surface area contributed by atoms with E-state index in [0.29, 0.717) is 6.61 Å². The molecular formula is C10H17N3O. The van der Waals surface area contributed by atoms with Gasteiger partial charge in [-0.3, -0.25) is 0 Å². The number of nitrogens with one attached hydrogen (secondary N) is 1. The van der Waals surface area contributed by atoms with E-state index in [0.717, 1.165) is 18.1 Å². The van der Waals surface area contributed by atoms with Crippen LogP contribution in [0.5, 0.6) is 0 Å². The van der Waals surface area contributed by atoms with Gasteiger partial charge < -0.3 is 10.1 Å². The highest BCUT2D eigenvalue weighted by atomic mass is 16.5. The molecule has 0 spiro atoms. The van der Waals surface area contributed by atoms with Crippen molar-refractivity contribution in [2.75, 3.05) is 13.7 Å². The monoisotopic (exact) mass is 195 g/mol. The Hall–Kier alpha value is -1.00. The van der Waals surface area contributed by atoms with Crippen LogP contribution >= 0.6 is 0 Å². The van der Waals surface area contributed by atoms with Crippen molar-refractivity contribution in [2.45, 2.75) is 26.5 Å². The Morgan fingerprint density at radius 1 is 1.57 bits per heavy atom. The Morgan fingerprint density at radius 2 is 2.36 bits per heavy atom. The van der Waals surface area contributed by atoms with Gasteiger partial charge in [0.25, 0.3) is 0 Å². The number of ether oxygens (including phenoxy) is 1. The van der Waals surface area contributed by atoms with Crippen molar-refractivity contribution in [1.29, 1.82) is 0 Å². The van der Waals surface area contributed by atoms with Gasteiger partial charge in [-0.2, -0.15) is 0 Å². The fourth-order valence-electron chi connectivity index (χ4n) is 1.21. The van der Waals surface area contributed by atoms with Gasteiger partial charge in [-0.1, -0.05) is 0 Å². The molecular weight excluding hydrogens is 178 g/mol. The molecule has 0 aliphatic carbocycles. The molecule has 1 heterocycles. The normalized spacial score (nSPS) is 12.8. The smallest absolute Gasteiger partial charge is 0.157 e. The third-order valence-corrected chi connectivity index (χ3v) is 1.87. The van der Waals surface area contributed by atoms with E-state index in [4.69, 9.17) is 4.74 Å². The van der Waals surface area contributed by atoms with Crippen LogP contribution in [0, 0.1) is 0 Å². The first-order chi connectivity index (χ1) is 6.77. The third-order valence-electron chi connectivity index (χ3n) is 1.87. The van der Waals surface area contributed by atoms with Crippen molar-refractivity contribution >= 4 is 0 Å².